The third-order valence-electron chi connectivity index (χ3n) is 3.48. The molecule has 1 amide bonds. The van der Waals surface area contributed by atoms with Gasteiger partial charge in [0.15, 0.2) is 5.76 Å². The lowest BCUT2D eigenvalue weighted by atomic mass is 10.1. The molecule has 1 aromatic heterocycles. The number of nitrogens with one attached hydrogen (secondary N) is 1. The second kappa shape index (κ2) is 7.31. The first kappa shape index (κ1) is 16.3. The third-order valence-corrected chi connectivity index (χ3v) is 4.17. The van der Waals surface area contributed by atoms with Gasteiger partial charge in [-0.1, -0.05) is 17.3 Å². The molecule has 0 aliphatic heterocycles. The fourth-order valence-corrected chi connectivity index (χ4v) is 2.66. The van der Waals surface area contributed by atoms with E-state index in [1.54, 1.807) is 13.2 Å². The number of aromatic nitrogens is 1. The van der Waals surface area contributed by atoms with E-state index in [4.69, 9.17) is 9.26 Å². The molecular weight excluding hydrogens is 372 g/mol. The van der Waals surface area contributed by atoms with Crippen LogP contribution in [0.25, 0.3) is 11.3 Å². The standard InChI is InChI=1S/C18H15BrN2O3/c1-23-14-8-6-12(7-9-14)17-10-13(21-24-17)11-20-18(22)15-4-2-3-5-16(15)19/h2-10H,11H2,1H3,(H,20,22). The summed E-state index contributed by atoms with van der Waals surface area (Å²) >= 11 is 3.36. The normalized spacial score (nSPS) is 10.4. The molecule has 2 aromatic carbocycles. The summed E-state index contributed by atoms with van der Waals surface area (Å²) in [6, 6.07) is 16.6. The second-order valence-electron chi connectivity index (χ2n) is 5.07. The molecule has 122 valence electrons. The van der Waals surface area contributed by atoms with E-state index in [9.17, 15) is 4.79 Å². The molecule has 0 radical (unpaired) electrons. The van der Waals surface area contributed by atoms with Gasteiger partial charge in [-0.25, -0.2) is 0 Å². The van der Waals surface area contributed by atoms with Gasteiger partial charge in [0.25, 0.3) is 5.91 Å². The number of carbonyl (C=O) groups excluding carboxylic acids is 1. The summed E-state index contributed by atoms with van der Waals surface area (Å²) in [6.45, 7) is 0.291. The Morgan fingerprint density at radius 1 is 1.21 bits per heavy atom. The van der Waals surface area contributed by atoms with Crippen molar-refractivity contribution in [2.75, 3.05) is 7.11 Å². The predicted octanol–water partition coefficient (Wildman–Crippen LogP) is 4.04. The Morgan fingerprint density at radius 2 is 1.96 bits per heavy atom. The topological polar surface area (TPSA) is 64.4 Å². The molecule has 6 heteroatoms. The third kappa shape index (κ3) is 3.65. The van der Waals surface area contributed by atoms with Gasteiger partial charge in [-0.15, -0.1) is 0 Å². The van der Waals surface area contributed by atoms with Crippen LogP contribution in [0.2, 0.25) is 0 Å². The van der Waals surface area contributed by atoms with E-state index >= 15 is 0 Å². The van der Waals surface area contributed by atoms with Crippen molar-refractivity contribution in [2.24, 2.45) is 0 Å². The van der Waals surface area contributed by atoms with Crippen LogP contribution >= 0.6 is 15.9 Å². The molecule has 0 spiro atoms. The van der Waals surface area contributed by atoms with E-state index in [1.807, 2.05) is 48.5 Å². The first-order valence-corrected chi connectivity index (χ1v) is 8.09. The van der Waals surface area contributed by atoms with Crippen molar-refractivity contribution in [3.63, 3.8) is 0 Å². The van der Waals surface area contributed by atoms with Gasteiger partial charge in [0.05, 0.1) is 19.2 Å². The zero-order chi connectivity index (χ0) is 16.9. The number of carbonyl (C=O) groups is 1. The molecule has 0 aliphatic rings. The van der Waals surface area contributed by atoms with Crippen LogP contribution in [0.5, 0.6) is 5.75 Å². The zero-order valence-electron chi connectivity index (χ0n) is 13.0. The number of rotatable bonds is 5. The summed E-state index contributed by atoms with van der Waals surface area (Å²) < 4.78 is 11.2. The maximum Gasteiger partial charge on any atom is 0.252 e. The zero-order valence-corrected chi connectivity index (χ0v) is 14.5. The average molecular weight is 387 g/mol. The monoisotopic (exact) mass is 386 g/mol. The maximum absolute atomic E-state index is 12.2. The van der Waals surface area contributed by atoms with Gasteiger partial charge in [-0.2, -0.15) is 0 Å². The van der Waals surface area contributed by atoms with E-state index in [1.165, 1.54) is 0 Å². The van der Waals surface area contributed by atoms with Gasteiger partial charge in [0.1, 0.15) is 11.4 Å². The second-order valence-corrected chi connectivity index (χ2v) is 5.93. The molecular formula is C18H15BrN2O3. The fraction of sp³-hybridized carbons (Fsp3) is 0.111. The number of nitrogens with zero attached hydrogens (tertiary/aromatic N) is 1. The smallest absolute Gasteiger partial charge is 0.252 e. The SMILES string of the molecule is COc1ccc(-c2cc(CNC(=O)c3ccccc3Br)no2)cc1. The van der Waals surface area contributed by atoms with Crippen molar-refractivity contribution in [2.45, 2.75) is 6.54 Å². The average Bonchev–Trinajstić information content (AvgIpc) is 3.09. The molecule has 5 nitrogen and oxygen atoms in total. The predicted molar refractivity (Wildman–Crippen MR) is 93.8 cm³/mol. The van der Waals surface area contributed by atoms with Gasteiger partial charge in [0.2, 0.25) is 0 Å². The lowest BCUT2D eigenvalue weighted by molar-refractivity contribution is 0.0949. The molecule has 1 N–H and O–H groups in total. The Labute approximate surface area is 147 Å². The highest BCUT2D eigenvalue weighted by Gasteiger charge is 2.11. The number of benzene rings is 2. The van der Waals surface area contributed by atoms with Gasteiger partial charge >= 0.3 is 0 Å². The quantitative estimate of drug-likeness (QED) is 0.718. The van der Waals surface area contributed by atoms with Crippen molar-refractivity contribution >= 4 is 21.8 Å². The van der Waals surface area contributed by atoms with Crippen molar-refractivity contribution in [1.82, 2.24) is 10.5 Å². The van der Waals surface area contributed by atoms with Crippen LogP contribution in [0.4, 0.5) is 0 Å². The number of amides is 1. The van der Waals surface area contributed by atoms with Crippen molar-refractivity contribution < 1.29 is 14.1 Å². The molecule has 24 heavy (non-hydrogen) atoms. The highest BCUT2D eigenvalue weighted by molar-refractivity contribution is 9.10. The van der Waals surface area contributed by atoms with Crippen LogP contribution in [0, 0.1) is 0 Å². The van der Waals surface area contributed by atoms with E-state index in [2.05, 4.69) is 26.4 Å². The van der Waals surface area contributed by atoms with Crippen LogP contribution < -0.4 is 10.1 Å². The molecule has 0 fully saturated rings. The van der Waals surface area contributed by atoms with Crippen LogP contribution in [0.3, 0.4) is 0 Å². The van der Waals surface area contributed by atoms with E-state index in [0.717, 1.165) is 15.8 Å². The summed E-state index contributed by atoms with van der Waals surface area (Å²) in [5.41, 5.74) is 2.13. The molecule has 0 atom stereocenters. The van der Waals surface area contributed by atoms with Crippen LogP contribution in [0.15, 0.2) is 63.6 Å². The van der Waals surface area contributed by atoms with Crippen LogP contribution in [0.1, 0.15) is 16.1 Å². The Bertz CT molecular complexity index is 843. The van der Waals surface area contributed by atoms with Crippen LogP contribution in [-0.2, 0) is 6.54 Å². The summed E-state index contributed by atoms with van der Waals surface area (Å²) in [6.07, 6.45) is 0. The molecule has 0 unspecified atom stereocenters. The maximum atomic E-state index is 12.2. The Morgan fingerprint density at radius 3 is 2.67 bits per heavy atom. The highest BCUT2D eigenvalue weighted by Crippen LogP contribution is 2.23. The van der Waals surface area contributed by atoms with Gasteiger partial charge in [-0.3, -0.25) is 4.79 Å². The molecule has 0 saturated heterocycles. The molecule has 0 aliphatic carbocycles. The highest BCUT2D eigenvalue weighted by atomic mass is 79.9. The lowest BCUT2D eigenvalue weighted by Gasteiger charge is -2.04. The summed E-state index contributed by atoms with van der Waals surface area (Å²) in [5, 5.41) is 6.82. The molecule has 0 bridgehead atoms. The number of halogens is 1. The van der Waals surface area contributed by atoms with Gasteiger partial charge in [0, 0.05) is 16.1 Å². The summed E-state index contributed by atoms with van der Waals surface area (Å²) in [4.78, 5) is 12.2. The largest absolute Gasteiger partial charge is 0.497 e. The number of methoxy groups -OCH3 is 1. The van der Waals surface area contributed by atoms with E-state index in [0.29, 0.717) is 23.6 Å². The van der Waals surface area contributed by atoms with Gasteiger partial charge < -0.3 is 14.6 Å². The van der Waals surface area contributed by atoms with E-state index in [-0.39, 0.29) is 5.91 Å². The van der Waals surface area contributed by atoms with E-state index < -0.39 is 0 Å². The number of hydrogen-bond acceptors (Lipinski definition) is 4. The fourth-order valence-electron chi connectivity index (χ4n) is 2.20. The number of hydrogen-bond donors (Lipinski definition) is 1. The minimum absolute atomic E-state index is 0.170. The van der Waals surface area contributed by atoms with Crippen molar-refractivity contribution in [1.29, 1.82) is 0 Å². The first-order valence-electron chi connectivity index (χ1n) is 7.30. The molecule has 1 heterocycles. The Kier molecular flexibility index (Phi) is 4.96. The first-order chi connectivity index (χ1) is 11.7. The van der Waals surface area contributed by atoms with Crippen molar-refractivity contribution in [3.8, 4) is 17.1 Å². The summed E-state index contributed by atoms with van der Waals surface area (Å²) in [7, 11) is 1.62. The Hall–Kier alpha value is -2.60. The van der Waals surface area contributed by atoms with Gasteiger partial charge in [-0.05, 0) is 52.3 Å². The summed E-state index contributed by atoms with van der Waals surface area (Å²) in [5.74, 6) is 1.25. The molecule has 3 aromatic rings. The minimum atomic E-state index is -0.170. The molecule has 3 rings (SSSR count). The minimum Gasteiger partial charge on any atom is -0.497 e. The van der Waals surface area contributed by atoms with Crippen LogP contribution in [-0.4, -0.2) is 18.2 Å². The lowest BCUT2D eigenvalue weighted by Crippen LogP contribution is -2.23. The molecule has 0 saturated carbocycles. The van der Waals surface area contributed by atoms with Crippen molar-refractivity contribution in [3.05, 3.63) is 70.3 Å². The number of ether oxygens (including phenoxy) is 1. The Balaban J connectivity index is 1.66.